The Morgan fingerprint density at radius 1 is 1.12 bits per heavy atom. The summed E-state index contributed by atoms with van der Waals surface area (Å²) in [6.45, 7) is 13.6. The summed E-state index contributed by atoms with van der Waals surface area (Å²) in [7, 11) is 0. The SMILES string of the molecule is C=CCOCC1(C(=O)NCC(NC(=O)C2(CC=C)CCOCC2)c2ccccc2F)CN(C(=O)OC(C)(C)C)CCO1. The zero-order valence-electron chi connectivity index (χ0n) is 24.9. The van der Waals surface area contributed by atoms with Crippen molar-refractivity contribution < 1.29 is 37.7 Å². The third-order valence-electron chi connectivity index (χ3n) is 7.34. The number of rotatable bonds is 12. The molecule has 0 aliphatic carbocycles. The first-order valence-electron chi connectivity index (χ1n) is 14.3. The molecule has 0 aromatic heterocycles. The van der Waals surface area contributed by atoms with Crippen LogP contribution in [-0.4, -0.2) is 86.7 Å². The second-order valence-electron chi connectivity index (χ2n) is 11.7. The van der Waals surface area contributed by atoms with E-state index in [-0.39, 0.29) is 50.9 Å². The zero-order chi connectivity index (χ0) is 30.8. The van der Waals surface area contributed by atoms with E-state index < -0.39 is 40.5 Å². The monoisotopic (exact) mass is 589 g/mol. The first-order chi connectivity index (χ1) is 20.0. The van der Waals surface area contributed by atoms with E-state index >= 15 is 0 Å². The van der Waals surface area contributed by atoms with E-state index in [9.17, 15) is 18.8 Å². The van der Waals surface area contributed by atoms with Crippen LogP contribution in [0.1, 0.15) is 51.6 Å². The maximum Gasteiger partial charge on any atom is 0.410 e. The van der Waals surface area contributed by atoms with Crippen molar-refractivity contribution in [2.75, 3.05) is 52.7 Å². The van der Waals surface area contributed by atoms with Gasteiger partial charge < -0.3 is 34.5 Å². The van der Waals surface area contributed by atoms with Gasteiger partial charge in [-0.3, -0.25) is 9.59 Å². The van der Waals surface area contributed by atoms with Gasteiger partial charge in [-0.05, 0) is 46.1 Å². The van der Waals surface area contributed by atoms with Crippen LogP contribution in [-0.2, 0) is 28.5 Å². The lowest BCUT2D eigenvalue weighted by molar-refractivity contribution is -0.170. The van der Waals surface area contributed by atoms with Gasteiger partial charge in [-0.15, -0.1) is 13.2 Å². The fourth-order valence-electron chi connectivity index (χ4n) is 5.09. The molecule has 2 atom stereocenters. The molecule has 2 aliphatic rings. The summed E-state index contributed by atoms with van der Waals surface area (Å²) < 4.78 is 37.6. The molecule has 0 spiro atoms. The highest BCUT2D eigenvalue weighted by atomic mass is 19.1. The Bertz CT molecular complexity index is 1120. The number of ether oxygens (including phenoxy) is 4. The molecule has 42 heavy (non-hydrogen) atoms. The predicted octanol–water partition coefficient (Wildman–Crippen LogP) is 3.68. The minimum atomic E-state index is -1.56. The van der Waals surface area contributed by atoms with E-state index in [0.29, 0.717) is 32.5 Å². The van der Waals surface area contributed by atoms with Gasteiger partial charge in [0.25, 0.3) is 5.91 Å². The largest absolute Gasteiger partial charge is 0.444 e. The number of hydrogen-bond acceptors (Lipinski definition) is 7. The van der Waals surface area contributed by atoms with Crippen LogP contribution in [0.2, 0.25) is 0 Å². The van der Waals surface area contributed by atoms with Crippen molar-refractivity contribution in [3.05, 3.63) is 61.0 Å². The summed E-state index contributed by atoms with van der Waals surface area (Å²) >= 11 is 0. The molecule has 0 radical (unpaired) electrons. The number of amides is 3. The number of nitrogens with zero attached hydrogens (tertiary/aromatic N) is 1. The van der Waals surface area contributed by atoms with Gasteiger partial charge in [0.1, 0.15) is 11.4 Å². The van der Waals surface area contributed by atoms with Gasteiger partial charge in [-0.1, -0.05) is 30.4 Å². The third-order valence-corrected chi connectivity index (χ3v) is 7.34. The smallest absolute Gasteiger partial charge is 0.410 e. The van der Waals surface area contributed by atoms with Gasteiger partial charge in [0.2, 0.25) is 5.91 Å². The number of hydrogen-bond donors (Lipinski definition) is 2. The van der Waals surface area contributed by atoms with Crippen molar-refractivity contribution in [2.24, 2.45) is 5.41 Å². The van der Waals surface area contributed by atoms with E-state index in [1.807, 2.05) is 0 Å². The van der Waals surface area contributed by atoms with Gasteiger partial charge in [0.15, 0.2) is 5.60 Å². The van der Waals surface area contributed by atoms with Crippen molar-refractivity contribution in [1.29, 1.82) is 0 Å². The van der Waals surface area contributed by atoms with E-state index in [2.05, 4.69) is 23.8 Å². The lowest BCUT2D eigenvalue weighted by atomic mass is 9.76. The molecular weight excluding hydrogens is 545 g/mol. The Balaban J connectivity index is 1.83. The summed E-state index contributed by atoms with van der Waals surface area (Å²) in [5, 5.41) is 5.81. The molecule has 2 fully saturated rings. The molecule has 232 valence electrons. The number of carbonyl (C=O) groups excluding carboxylic acids is 3. The van der Waals surface area contributed by atoms with Crippen molar-refractivity contribution in [2.45, 2.75) is 57.3 Å². The minimum Gasteiger partial charge on any atom is -0.444 e. The Hall–Kier alpha value is -3.28. The molecular formula is C31H44FN3O7. The second kappa shape index (κ2) is 14.8. The fourth-order valence-corrected chi connectivity index (χ4v) is 5.09. The van der Waals surface area contributed by atoms with E-state index in [0.717, 1.165) is 0 Å². The summed E-state index contributed by atoms with van der Waals surface area (Å²) in [4.78, 5) is 41.7. The summed E-state index contributed by atoms with van der Waals surface area (Å²) in [6.07, 6.45) is 4.11. The van der Waals surface area contributed by atoms with Crippen molar-refractivity contribution in [1.82, 2.24) is 15.5 Å². The Morgan fingerprint density at radius 3 is 2.48 bits per heavy atom. The zero-order valence-corrected chi connectivity index (χ0v) is 24.9. The Morgan fingerprint density at radius 2 is 1.83 bits per heavy atom. The molecule has 2 heterocycles. The number of benzene rings is 1. The topological polar surface area (TPSA) is 115 Å². The second-order valence-corrected chi connectivity index (χ2v) is 11.7. The van der Waals surface area contributed by atoms with Crippen LogP contribution in [0.25, 0.3) is 0 Å². The average molecular weight is 590 g/mol. The Kier molecular flexibility index (Phi) is 11.7. The van der Waals surface area contributed by atoms with Gasteiger partial charge in [0, 0.05) is 31.9 Å². The third kappa shape index (κ3) is 8.62. The van der Waals surface area contributed by atoms with Crippen LogP contribution in [0.15, 0.2) is 49.6 Å². The molecule has 3 rings (SSSR count). The molecule has 11 heteroatoms. The maximum absolute atomic E-state index is 15.0. The molecule has 2 unspecified atom stereocenters. The molecule has 2 aliphatic heterocycles. The van der Waals surface area contributed by atoms with Crippen LogP contribution in [0.5, 0.6) is 0 Å². The van der Waals surface area contributed by atoms with Gasteiger partial charge in [-0.25, -0.2) is 9.18 Å². The fraction of sp³-hybridized carbons (Fsp3) is 0.581. The van der Waals surface area contributed by atoms with Gasteiger partial charge >= 0.3 is 6.09 Å². The van der Waals surface area contributed by atoms with Crippen LogP contribution < -0.4 is 10.6 Å². The number of carbonyl (C=O) groups is 3. The van der Waals surface area contributed by atoms with Gasteiger partial charge in [0.05, 0.1) is 37.8 Å². The molecule has 0 bridgehead atoms. The first-order valence-corrected chi connectivity index (χ1v) is 14.3. The molecule has 1 aromatic rings. The minimum absolute atomic E-state index is 0.0731. The summed E-state index contributed by atoms with van der Waals surface area (Å²) in [6, 6.07) is 5.21. The van der Waals surface area contributed by atoms with Crippen molar-refractivity contribution >= 4 is 17.9 Å². The van der Waals surface area contributed by atoms with E-state index in [1.54, 1.807) is 51.1 Å². The maximum atomic E-state index is 15.0. The molecule has 2 N–H and O–H groups in total. The molecule has 0 saturated carbocycles. The normalized spacial score (nSPS) is 21.1. The molecule has 3 amide bonds. The van der Waals surface area contributed by atoms with Crippen LogP contribution in [0.4, 0.5) is 9.18 Å². The average Bonchev–Trinajstić information content (AvgIpc) is 2.95. The first kappa shape index (κ1) is 33.2. The number of allylic oxidation sites excluding steroid dienone is 1. The van der Waals surface area contributed by atoms with Crippen LogP contribution >= 0.6 is 0 Å². The molecule has 10 nitrogen and oxygen atoms in total. The quantitative estimate of drug-likeness (QED) is 0.282. The highest BCUT2D eigenvalue weighted by Crippen LogP contribution is 2.36. The summed E-state index contributed by atoms with van der Waals surface area (Å²) in [5.74, 6) is -1.35. The number of nitrogens with one attached hydrogen (secondary N) is 2. The standard InChI is InChI=1S/C31H44FN3O7/c1-6-12-30(13-17-39-18-14-30)26(36)34-25(23-10-8-9-11-24(23)32)20-33-27(37)31(22-40-16-7-2)21-35(15-19-41-31)28(38)42-29(3,4)5/h6-11,25H,1-2,12-22H2,3-5H3,(H,33,37)(H,34,36). The molecule has 2 saturated heterocycles. The van der Waals surface area contributed by atoms with Crippen molar-refractivity contribution in [3.63, 3.8) is 0 Å². The highest BCUT2D eigenvalue weighted by Gasteiger charge is 2.47. The van der Waals surface area contributed by atoms with Crippen molar-refractivity contribution in [3.8, 4) is 0 Å². The predicted molar refractivity (Wildman–Crippen MR) is 155 cm³/mol. The highest BCUT2D eigenvalue weighted by molar-refractivity contribution is 5.87. The molecule has 1 aromatic carbocycles. The van der Waals surface area contributed by atoms with Gasteiger partial charge in [-0.2, -0.15) is 0 Å². The number of halogens is 1. The van der Waals surface area contributed by atoms with Crippen LogP contribution in [0, 0.1) is 11.2 Å². The number of morpholine rings is 1. The van der Waals surface area contributed by atoms with Crippen LogP contribution in [0.3, 0.4) is 0 Å². The Labute approximate surface area is 247 Å². The lowest BCUT2D eigenvalue weighted by Crippen LogP contribution is -2.64. The summed E-state index contributed by atoms with van der Waals surface area (Å²) in [5.41, 5.74) is -2.80. The van der Waals surface area contributed by atoms with E-state index in [4.69, 9.17) is 18.9 Å². The lowest BCUT2D eigenvalue weighted by Gasteiger charge is -2.41. The van der Waals surface area contributed by atoms with E-state index in [1.165, 1.54) is 11.0 Å².